The highest BCUT2D eigenvalue weighted by Gasteiger charge is 2.27. The molecule has 2 heterocycles. The van der Waals surface area contributed by atoms with E-state index in [9.17, 15) is 4.79 Å². The van der Waals surface area contributed by atoms with Gasteiger partial charge in [-0.15, -0.1) is 0 Å². The third-order valence-electron chi connectivity index (χ3n) is 4.35. The van der Waals surface area contributed by atoms with Gasteiger partial charge in [0, 0.05) is 12.7 Å². The van der Waals surface area contributed by atoms with Gasteiger partial charge in [0.2, 0.25) is 11.6 Å². The Bertz CT molecular complexity index is 1230. The van der Waals surface area contributed by atoms with E-state index in [-0.39, 0.29) is 28.9 Å². The molecule has 152 valence electrons. The van der Waals surface area contributed by atoms with Crippen molar-refractivity contribution in [3.63, 3.8) is 0 Å². The molecular formula is C21H16Cl2N4O3. The maximum atomic E-state index is 12.5. The van der Waals surface area contributed by atoms with Crippen molar-refractivity contribution in [3.05, 3.63) is 69.8 Å². The molecule has 0 N–H and O–H groups in total. The van der Waals surface area contributed by atoms with Gasteiger partial charge in [0.15, 0.2) is 5.69 Å². The van der Waals surface area contributed by atoms with Crippen LogP contribution in [-0.4, -0.2) is 39.4 Å². The molecule has 0 saturated heterocycles. The quantitative estimate of drug-likeness (QED) is 0.389. The van der Waals surface area contributed by atoms with Crippen molar-refractivity contribution in [2.75, 3.05) is 13.7 Å². The normalized spacial score (nSPS) is 11.1. The third kappa shape index (κ3) is 3.75. The number of carbonyl (C=O) groups excluding carboxylic acids is 1. The number of aromatic nitrogens is 4. The van der Waals surface area contributed by atoms with Crippen LogP contribution in [0.25, 0.3) is 28.7 Å². The van der Waals surface area contributed by atoms with Gasteiger partial charge in [0.25, 0.3) is 5.89 Å². The fraction of sp³-hybridized carbons (Fsp3) is 0.143. The Kier molecular flexibility index (Phi) is 5.67. The molecular weight excluding hydrogens is 427 g/mol. The Hall–Kier alpha value is -3.00. The highest BCUT2D eigenvalue weighted by atomic mass is 35.5. The van der Waals surface area contributed by atoms with Crippen molar-refractivity contribution in [1.29, 1.82) is 0 Å². The summed E-state index contributed by atoms with van der Waals surface area (Å²) in [6, 6.07) is 14.7. The molecule has 0 radical (unpaired) electrons. The summed E-state index contributed by atoms with van der Waals surface area (Å²) in [4.78, 5) is 16.9. The first kappa shape index (κ1) is 20.3. The third-order valence-corrected chi connectivity index (χ3v) is 5.03. The van der Waals surface area contributed by atoms with Gasteiger partial charge >= 0.3 is 0 Å². The monoisotopic (exact) mass is 442 g/mol. The minimum atomic E-state index is -0.378. The van der Waals surface area contributed by atoms with Crippen molar-refractivity contribution in [2.45, 2.75) is 6.92 Å². The second-order valence-corrected chi connectivity index (χ2v) is 7.31. The fourth-order valence-electron chi connectivity index (χ4n) is 2.98. The van der Waals surface area contributed by atoms with Gasteiger partial charge in [-0.05, 0) is 31.2 Å². The number of rotatable bonds is 6. The van der Waals surface area contributed by atoms with Crippen LogP contribution in [0, 0.1) is 6.92 Å². The van der Waals surface area contributed by atoms with E-state index >= 15 is 0 Å². The number of hydrogen-bond acceptors (Lipinski definition) is 6. The number of ketones is 1. The molecule has 0 aliphatic rings. The lowest BCUT2D eigenvalue weighted by Gasteiger charge is -2.06. The first-order chi connectivity index (χ1) is 14.5. The van der Waals surface area contributed by atoms with Crippen LogP contribution in [0.15, 0.2) is 53.1 Å². The van der Waals surface area contributed by atoms with Crippen molar-refractivity contribution in [2.24, 2.45) is 0 Å². The topological polar surface area (TPSA) is 83.0 Å². The Morgan fingerprint density at radius 1 is 1.17 bits per heavy atom. The molecule has 0 bridgehead atoms. The van der Waals surface area contributed by atoms with Gasteiger partial charge in [-0.25, -0.2) is 4.68 Å². The number of para-hydroxylation sites is 1. The van der Waals surface area contributed by atoms with Crippen LogP contribution < -0.4 is 0 Å². The number of nitrogens with zero attached hydrogens (tertiary/aromatic N) is 4. The van der Waals surface area contributed by atoms with E-state index in [2.05, 4.69) is 15.2 Å². The molecule has 0 amide bonds. The van der Waals surface area contributed by atoms with Crippen LogP contribution in [0.4, 0.5) is 0 Å². The maximum absolute atomic E-state index is 12.5. The van der Waals surface area contributed by atoms with E-state index in [1.165, 1.54) is 11.8 Å². The van der Waals surface area contributed by atoms with Gasteiger partial charge in [0.05, 0.1) is 10.7 Å². The van der Waals surface area contributed by atoms with E-state index in [0.717, 1.165) is 11.1 Å². The molecule has 0 atom stereocenters. The average Bonchev–Trinajstić information content (AvgIpc) is 3.33. The van der Waals surface area contributed by atoms with Gasteiger partial charge in [0.1, 0.15) is 17.3 Å². The average molecular weight is 443 g/mol. The molecule has 0 aliphatic heterocycles. The van der Waals surface area contributed by atoms with Crippen LogP contribution in [-0.2, 0) is 4.74 Å². The Balaban J connectivity index is 1.89. The summed E-state index contributed by atoms with van der Waals surface area (Å²) >= 11 is 12.9. The summed E-state index contributed by atoms with van der Waals surface area (Å²) in [5.74, 6) is 0.124. The zero-order chi connectivity index (χ0) is 21.3. The summed E-state index contributed by atoms with van der Waals surface area (Å²) in [5.41, 5.74) is 2.68. The van der Waals surface area contributed by atoms with E-state index < -0.39 is 0 Å². The predicted octanol–water partition coefficient (Wildman–Crippen LogP) is 5.03. The van der Waals surface area contributed by atoms with Crippen LogP contribution in [0.1, 0.15) is 16.1 Å². The van der Waals surface area contributed by atoms with Crippen molar-refractivity contribution < 1.29 is 14.1 Å². The van der Waals surface area contributed by atoms with E-state index in [1.54, 1.807) is 24.3 Å². The fourth-order valence-corrected chi connectivity index (χ4v) is 3.51. The molecule has 4 rings (SSSR count). The number of aryl methyl sites for hydroxylation is 1. The van der Waals surface area contributed by atoms with Gasteiger partial charge in [-0.3, -0.25) is 4.79 Å². The highest BCUT2D eigenvalue weighted by molar-refractivity contribution is 6.36. The first-order valence-electron chi connectivity index (χ1n) is 8.96. The zero-order valence-electron chi connectivity index (χ0n) is 16.1. The van der Waals surface area contributed by atoms with Crippen molar-refractivity contribution in [1.82, 2.24) is 19.9 Å². The van der Waals surface area contributed by atoms with Gasteiger partial charge < -0.3 is 9.26 Å². The Labute approximate surface area is 182 Å². The number of carbonyl (C=O) groups is 1. The summed E-state index contributed by atoms with van der Waals surface area (Å²) in [6.45, 7) is 1.80. The number of ether oxygens (including phenoxy) is 1. The number of methoxy groups -OCH3 is 1. The highest BCUT2D eigenvalue weighted by Crippen LogP contribution is 2.34. The zero-order valence-corrected chi connectivity index (χ0v) is 17.6. The summed E-state index contributed by atoms with van der Waals surface area (Å²) in [5, 5.41) is 8.97. The van der Waals surface area contributed by atoms with Crippen LogP contribution in [0.2, 0.25) is 10.0 Å². The lowest BCUT2D eigenvalue weighted by molar-refractivity contribution is 0.0842. The second kappa shape index (κ2) is 8.39. The first-order valence-corrected chi connectivity index (χ1v) is 9.72. The van der Waals surface area contributed by atoms with E-state index in [1.807, 2.05) is 31.2 Å². The van der Waals surface area contributed by atoms with Crippen molar-refractivity contribution >= 4 is 29.0 Å². The standard InChI is InChI=1S/C21H16Cl2N4O3/c1-12-6-5-7-13(10-12)21-24-20(26-30-21)19-17(23)18(16(28)11-29-2)25-27(19)15-9-4-3-8-14(15)22/h3-10H,11H2,1-2H3. The number of benzene rings is 2. The molecule has 0 saturated carbocycles. The predicted molar refractivity (Wildman–Crippen MR) is 113 cm³/mol. The van der Waals surface area contributed by atoms with Crippen molar-refractivity contribution in [3.8, 4) is 28.7 Å². The second-order valence-electron chi connectivity index (χ2n) is 6.52. The van der Waals surface area contributed by atoms with Crippen LogP contribution in [0.5, 0.6) is 0 Å². The summed E-state index contributed by atoms with van der Waals surface area (Å²) in [6.07, 6.45) is 0. The molecule has 2 aromatic heterocycles. The molecule has 0 fully saturated rings. The summed E-state index contributed by atoms with van der Waals surface area (Å²) < 4.78 is 11.8. The lowest BCUT2D eigenvalue weighted by Crippen LogP contribution is -2.09. The SMILES string of the molecule is COCC(=O)c1nn(-c2ccccc2Cl)c(-c2noc(-c3cccc(C)c3)n2)c1Cl. The summed E-state index contributed by atoms with van der Waals surface area (Å²) in [7, 11) is 1.42. The van der Waals surface area contributed by atoms with Gasteiger partial charge in [-0.1, -0.05) is 58.2 Å². The molecule has 4 aromatic rings. The molecule has 9 heteroatoms. The van der Waals surface area contributed by atoms with Crippen LogP contribution >= 0.6 is 23.2 Å². The maximum Gasteiger partial charge on any atom is 0.258 e. The molecule has 0 spiro atoms. The van der Waals surface area contributed by atoms with Gasteiger partial charge in [-0.2, -0.15) is 10.1 Å². The minimum absolute atomic E-state index is 0.0374. The molecule has 0 unspecified atom stereocenters. The number of Topliss-reactive ketones (excluding diaryl/α,β-unsaturated/α-hetero) is 1. The molecule has 2 aromatic carbocycles. The van der Waals surface area contributed by atoms with E-state index in [0.29, 0.717) is 22.3 Å². The molecule has 30 heavy (non-hydrogen) atoms. The largest absolute Gasteiger partial charge is 0.376 e. The Morgan fingerprint density at radius 2 is 1.97 bits per heavy atom. The van der Waals surface area contributed by atoms with Crippen LogP contribution in [0.3, 0.4) is 0 Å². The Morgan fingerprint density at radius 3 is 2.70 bits per heavy atom. The lowest BCUT2D eigenvalue weighted by atomic mass is 10.1. The van der Waals surface area contributed by atoms with E-state index in [4.69, 9.17) is 32.5 Å². The minimum Gasteiger partial charge on any atom is -0.376 e. The molecule has 0 aliphatic carbocycles. The number of hydrogen-bond donors (Lipinski definition) is 0. The number of halogens is 2. The smallest absolute Gasteiger partial charge is 0.258 e. The molecule has 7 nitrogen and oxygen atoms in total.